The Bertz CT molecular complexity index is 592. The fraction of sp³-hybridized carbons (Fsp3) is 0.375. The first kappa shape index (κ1) is 13.7. The average Bonchev–Trinajstić information content (AvgIpc) is 3.12. The lowest BCUT2D eigenvalue weighted by atomic mass is 10.1. The molecule has 1 aliphatic rings. The molecule has 2 unspecified atom stereocenters. The first-order valence-electron chi connectivity index (χ1n) is 7.26. The molecular formula is C16H19N3O2. The lowest BCUT2D eigenvalue weighted by Crippen LogP contribution is -2.27. The normalized spacial score (nSPS) is 20.2. The summed E-state index contributed by atoms with van der Waals surface area (Å²) in [5, 5.41) is 12.3. The van der Waals surface area contributed by atoms with Crippen LogP contribution in [0.5, 0.6) is 5.75 Å². The highest BCUT2D eigenvalue weighted by Gasteiger charge is 2.43. The summed E-state index contributed by atoms with van der Waals surface area (Å²) in [4.78, 5) is 16.0. The fourth-order valence-electron chi connectivity index (χ4n) is 2.60. The lowest BCUT2D eigenvalue weighted by Gasteiger charge is -2.06. The van der Waals surface area contributed by atoms with Gasteiger partial charge in [0.2, 0.25) is 5.91 Å². The SMILES string of the molecule is O=C(NCCCn1ccnc1)C1CC1c1ccc(O)cc1. The molecule has 1 saturated carbocycles. The zero-order chi connectivity index (χ0) is 14.7. The zero-order valence-corrected chi connectivity index (χ0v) is 11.8. The van der Waals surface area contributed by atoms with E-state index in [0.29, 0.717) is 12.5 Å². The van der Waals surface area contributed by atoms with E-state index in [4.69, 9.17) is 0 Å². The van der Waals surface area contributed by atoms with Crippen LogP contribution in [0, 0.1) is 5.92 Å². The number of carbonyl (C=O) groups excluding carboxylic acids is 1. The Balaban J connectivity index is 1.40. The number of hydrogen-bond donors (Lipinski definition) is 2. The molecule has 110 valence electrons. The van der Waals surface area contributed by atoms with Gasteiger partial charge in [-0.3, -0.25) is 4.79 Å². The maximum atomic E-state index is 12.0. The van der Waals surface area contributed by atoms with Gasteiger partial charge < -0.3 is 15.0 Å². The van der Waals surface area contributed by atoms with Crippen molar-refractivity contribution in [2.75, 3.05) is 6.54 Å². The molecule has 5 nitrogen and oxygen atoms in total. The first-order chi connectivity index (χ1) is 10.2. The van der Waals surface area contributed by atoms with Gasteiger partial charge in [0, 0.05) is 31.4 Å². The van der Waals surface area contributed by atoms with Gasteiger partial charge in [0.1, 0.15) is 5.75 Å². The number of rotatable bonds is 6. The van der Waals surface area contributed by atoms with Crippen molar-refractivity contribution in [2.45, 2.75) is 25.3 Å². The number of aromatic hydroxyl groups is 1. The predicted molar refractivity (Wildman–Crippen MR) is 78.8 cm³/mol. The second-order valence-electron chi connectivity index (χ2n) is 5.49. The van der Waals surface area contributed by atoms with E-state index in [-0.39, 0.29) is 17.6 Å². The predicted octanol–water partition coefficient (Wildman–Crippen LogP) is 1.90. The quantitative estimate of drug-likeness (QED) is 0.797. The van der Waals surface area contributed by atoms with E-state index < -0.39 is 0 Å². The van der Waals surface area contributed by atoms with Crippen molar-refractivity contribution in [1.29, 1.82) is 0 Å². The van der Waals surface area contributed by atoms with Crippen LogP contribution in [-0.4, -0.2) is 27.1 Å². The molecule has 0 aliphatic heterocycles. The molecule has 0 bridgehead atoms. The van der Waals surface area contributed by atoms with Gasteiger partial charge in [-0.25, -0.2) is 4.98 Å². The maximum absolute atomic E-state index is 12.0. The molecule has 2 aromatic rings. The largest absolute Gasteiger partial charge is 0.508 e. The van der Waals surface area contributed by atoms with Crippen LogP contribution < -0.4 is 5.32 Å². The topological polar surface area (TPSA) is 67.2 Å². The van der Waals surface area contributed by atoms with Gasteiger partial charge in [0.25, 0.3) is 0 Å². The number of imidazole rings is 1. The van der Waals surface area contributed by atoms with E-state index in [1.165, 1.54) is 0 Å². The number of aryl methyl sites for hydroxylation is 1. The van der Waals surface area contributed by atoms with Crippen molar-refractivity contribution < 1.29 is 9.90 Å². The summed E-state index contributed by atoms with van der Waals surface area (Å²) < 4.78 is 2.00. The van der Waals surface area contributed by atoms with E-state index in [9.17, 15) is 9.90 Å². The number of amides is 1. The molecule has 2 N–H and O–H groups in total. The Labute approximate surface area is 123 Å². The Hall–Kier alpha value is -2.30. The van der Waals surface area contributed by atoms with Crippen LogP contribution in [0.2, 0.25) is 0 Å². The molecule has 2 atom stereocenters. The van der Waals surface area contributed by atoms with Crippen molar-refractivity contribution in [2.24, 2.45) is 5.92 Å². The van der Waals surface area contributed by atoms with Gasteiger partial charge >= 0.3 is 0 Å². The number of benzene rings is 1. The first-order valence-corrected chi connectivity index (χ1v) is 7.26. The number of phenolic OH excluding ortho intramolecular Hbond substituents is 1. The molecule has 1 heterocycles. The molecule has 1 fully saturated rings. The molecule has 21 heavy (non-hydrogen) atoms. The van der Waals surface area contributed by atoms with Crippen LogP contribution in [0.25, 0.3) is 0 Å². The van der Waals surface area contributed by atoms with Gasteiger partial charge in [0.05, 0.1) is 6.33 Å². The molecule has 3 rings (SSSR count). The monoisotopic (exact) mass is 285 g/mol. The summed E-state index contributed by atoms with van der Waals surface area (Å²) in [5.74, 6) is 0.792. The van der Waals surface area contributed by atoms with E-state index in [0.717, 1.165) is 24.9 Å². The van der Waals surface area contributed by atoms with Crippen LogP contribution in [0.1, 0.15) is 24.3 Å². The number of hydrogen-bond acceptors (Lipinski definition) is 3. The van der Waals surface area contributed by atoms with Crippen molar-refractivity contribution >= 4 is 5.91 Å². The summed E-state index contributed by atoms with van der Waals surface area (Å²) in [7, 11) is 0. The van der Waals surface area contributed by atoms with Gasteiger partial charge in [-0.05, 0) is 36.5 Å². The Morgan fingerprint density at radius 2 is 2.19 bits per heavy atom. The maximum Gasteiger partial charge on any atom is 0.223 e. The molecular weight excluding hydrogens is 266 g/mol. The van der Waals surface area contributed by atoms with Crippen molar-refractivity contribution in [3.63, 3.8) is 0 Å². The Kier molecular flexibility index (Phi) is 3.90. The van der Waals surface area contributed by atoms with Crippen molar-refractivity contribution in [3.8, 4) is 5.75 Å². The van der Waals surface area contributed by atoms with Crippen LogP contribution in [0.3, 0.4) is 0 Å². The summed E-state index contributed by atoms with van der Waals surface area (Å²) in [6.07, 6.45) is 7.26. The van der Waals surface area contributed by atoms with Gasteiger partial charge in [-0.15, -0.1) is 0 Å². The summed E-state index contributed by atoms with van der Waals surface area (Å²) >= 11 is 0. The minimum Gasteiger partial charge on any atom is -0.508 e. The molecule has 0 saturated heterocycles. The van der Waals surface area contributed by atoms with E-state index in [1.54, 1.807) is 24.7 Å². The highest BCUT2D eigenvalue weighted by molar-refractivity contribution is 5.82. The van der Waals surface area contributed by atoms with Crippen molar-refractivity contribution in [1.82, 2.24) is 14.9 Å². The Morgan fingerprint density at radius 3 is 2.90 bits per heavy atom. The smallest absolute Gasteiger partial charge is 0.223 e. The van der Waals surface area contributed by atoms with Crippen LogP contribution in [-0.2, 0) is 11.3 Å². The number of phenols is 1. The zero-order valence-electron chi connectivity index (χ0n) is 11.8. The second-order valence-corrected chi connectivity index (χ2v) is 5.49. The minimum atomic E-state index is 0.0859. The van der Waals surface area contributed by atoms with Crippen molar-refractivity contribution in [3.05, 3.63) is 48.5 Å². The number of nitrogens with zero attached hydrogens (tertiary/aromatic N) is 2. The summed E-state index contributed by atoms with van der Waals surface area (Å²) in [6, 6.07) is 7.14. The summed E-state index contributed by atoms with van der Waals surface area (Å²) in [5.41, 5.74) is 1.13. The standard InChI is InChI=1S/C16H19N3O2/c20-13-4-2-12(3-5-13)14-10-15(14)16(21)18-6-1-8-19-9-7-17-11-19/h2-5,7,9,11,14-15,20H,1,6,8,10H2,(H,18,21). The molecule has 5 heteroatoms. The van der Waals surface area contributed by atoms with E-state index >= 15 is 0 Å². The number of carbonyl (C=O) groups is 1. The summed E-state index contributed by atoms with van der Waals surface area (Å²) in [6.45, 7) is 1.56. The van der Waals surface area contributed by atoms with Crippen LogP contribution in [0.4, 0.5) is 0 Å². The van der Waals surface area contributed by atoms with Gasteiger partial charge in [-0.2, -0.15) is 0 Å². The third-order valence-corrected chi connectivity index (χ3v) is 3.90. The lowest BCUT2D eigenvalue weighted by molar-refractivity contribution is -0.122. The number of nitrogens with one attached hydrogen (secondary N) is 1. The average molecular weight is 285 g/mol. The van der Waals surface area contributed by atoms with E-state index in [2.05, 4.69) is 10.3 Å². The fourth-order valence-corrected chi connectivity index (χ4v) is 2.60. The highest BCUT2D eigenvalue weighted by atomic mass is 16.3. The van der Waals surface area contributed by atoms with E-state index in [1.807, 2.05) is 22.9 Å². The van der Waals surface area contributed by atoms with Gasteiger partial charge in [-0.1, -0.05) is 12.1 Å². The van der Waals surface area contributed by atoms with Crippen LogP contribution >= 0.6 is 0 Å². The minimum absolute atomic E-state index is 0.0859. The van der Waals surface area contributed by atoms with Gasteiger partial charge in [0.15, 0.2) is 0 Å². The number of aromatic nitrogens is 2. The highest BCUT2D eigenvalue weighted by Crippen LogP contribution is 2.47. The molecule has 1 aromatic carbocycles. The third kappa shape index (κ3) is 3.42. The van der Waals surface area contributed by atoms with Crippen LogP contribution in [0.15, 0.2) is 43.0 Å². The second kappa shape index (κ2) is 5.99. The third-order valence-electron chi connectivity index (χ3n) is 3.90. The molecule has 0 spiro atoms. The molecule has 0 radical (unpaired) electrons. The Morgan fingerprint density at radius 1 is 1.38 bits per heavy atom. The molecule has 1 aromatic heterocycles. The molecule has 1 amide bonds. The molecule has 1 aliphatic carbocycles.